The molecule has 0 aliphatic heterocycles. The molecule has 0 aliphatic carbocycles. The van der Waals surface area contributed by atoms with Crippen molar-refractivity contribution in [2.45, 2.75) is 19.8 Å². The first-order valence-electron chi connectivity index (χ1n) is 8.00. The average Bonchev–Trinajstić information content (AvgIpc) is 2.64. The molecule has 0 heterocycles. The highest BCUT2D eigenvalue weighted by Crippen LogP contribution is 2.13. The Morgan fingerprint density at radius 2 is 1.62 bits per heavy atom. The molecule has 2 aromatic carbocycles. The molecule has 0 bridgehead atoms. The highest BCUT2D eigenvalue weighted by atomic mass is 35.5. The molecule has 0 unspecified atom stereocenters. The number of hydrogen-bond donors (Lipinski definition) is 2. The molecule has 0 fully saturated rings. The third-order valence-corrected chi connectivity index (χ3v) is 3.73. The molecular weight excluding hydrogens is 356 g/mol. The molecule has 0 aliphatic rings. The number of halogens is 1. The lowest BCUT2D eigenvalue weighted by atomic mass is 10.1. The fraction of sp³-hybridized carbons (Fsp3) is 0.211. The normalized spacial score (nSPS) is 10.1. The van der Waals surface area contributed by atoms with Gasteiger partial charge in [-0.2, -0.15) is 0 Å². The lowest BCUT2D eigenvalue weighted by Gasteiger charge is -2.09. The van der Waals surface area contributed by atoms with Gasteiger partial charge in [-0.15, -0.1) is 0 Å². The monoisotopic (exact) mass is 374 g/mol. The Morgan fingerprint density at radius 1 is 0.962 bits per heavy atom. The van der Waals surface area contributed by atoms with Gasteiger partial charge in [-0.25, -0.2) is 0 Å². The van der Waals surface area contributed by atoms with E-state index >= 15 is 0 Å². The zero-order valence-corrected chi connectivity index (χ0v) is 15.0. The zero-order chi connectivity index (χ0) is 18.9. The lowest BCUT2D eigenvalue weighted by Crippen LogP contribution is -2.43. The Hall–Kier alpha value is -2.86. The fourth-order valence-electron chi connectivity index (χ4n) is 2.06. The van der Waals surface area contributed by atoms with E-state index in [2.05, 4.69) is 10.9 Å². The van der Waals surface area contributed by atoms with E-state index in [4.69, 9.17) is 16.3 Å². The van der Waals surface area contributed by atoms with E-state index < -0.39 is 11.8 Å². The molecule has 0 spiro atoms. The summed E-state index contributed by atoms with van der Waals surface area (Å²) in [6, 6.07) is 13.4. The van der Waals surface area contributed by atoms with Gasteiger partial charge in [-0.1, -0.05) is 23.7 Å². The number of aryl methyl sites for hydroxylation is 1. The number of amides is 2. The van der Waals surface area contributed by atoms with Crippen LogP contribution in [-0.2, 0) is 16.0 Å². The lowest BCUT2D eigenvalue weighted by molar-refractivity contribution is -0.123. The van der Waals surface area contributed by atoms with Gasteiger partial charge in [-0.05, 0) is 55.3 Å². The topological polar surface area (TPSA) is 84.5 Å². The molecular formula is C19H19ClN2O4. The molecule has 26 heavy (non-hydrogen) atoms. The van der Waals surface area contributed by atoms with Crippen LogP contribution >= 0.6 is 11.6 Å². The molecule has 0 radical (unpaired) electrons. The molecule has 0 atom stereocenters. The Morgan fingerprint density at radius 3 is 2.23 bits per heavy atom. The summed E-state index contributed by atoms with van der Waals surface area (Å²) in [6.45, 7) is 1.31. The van der Waals surface area contributed by atoms with Crippen molar-refractivity contribution in [3.05, 3.63) is 64.7 Å². The summed E-state index contributed by atoms with van der Waals surface area (Å²) >= 11 is 5.75. The largest absolute Gasteiger partial charge is 0.484 e. The number of carbonyl (C=O) groups is 3. The number of hydrogen-bond acceptors (Lipinski definition) is 4. The van der Waals surface area contributed by atoms with E-state index in [0.717, 1.165) is 5.56 Å². The molecule has 0 saturated heterocycles. The average molecular weight is 375 g/mol. The van der Waals surface area contributed by atoms with Crippen molar-refractivity contribution in [3.63, 3.8) is 0 Å². The molecule has 0 aromatic heterocycles. The number of hydrazine groups is 1. The van der Waals surface area contributed by atoms with Crippen molar-refractivity contribution >= 4 is 29.2 Å². The minimum atomic E-state index is -0.493. The van der Waals surface area contributed by atoms with Crippen molar-refractivity contribution in [3.8, 4) is 5.75 Å². The highest BCUT2D eigenvalue weighted by molar-refractivity contribution is 6.30. The predicted octanol–water partition coefficient (Wildman–Crippen LogP) is 2.70. The summed E-state index contributed by atoms with van der Waals surface area (Å²) in [7, 11) is 0. The van der Waals surface area contributed by atoms with E-state index in [0.29, 0.717) is 29.2 Å². The maximum atomic E-state index is 11.8. The van der Waals surface area contributed by atoms with Gasteiger partial charge in [0, 0.05) is 17.0 Å². The Bertz CT molecular complexity index is 773. The third kappa shape index (κ3) is 6.57. The van der Waals surface area contributed by atoms with Crippen LogP contribution in [0.4, 0.5) is 0 Å². The van der Waals surface area contributed by atoms with E-state index in [-0.39, 0.29) is 12.4 Å². The van der Waals surface area contributed by atoms with Crippen LogP contribution in [0.1, 0.15) is 29.3 Å². The van der Waals surface area contributed by atoms with Gasteiger partial charge in [0.15, 0.2) is 6.61 Å². The third-order valence-electron chi connectivity index (χ3n) is 3.48. The first-order valence-corrected chi connectivity index (χ1v) is 8.38. The van der Waals surface area contributed by atoms with Crippen molar-refractivity contribution in [1.29, 1.82) is 0 Å². The second-order valence-corrected chi connectivity index (χ2v) is 6.08. The molecule has 136 valence electrons. The SMILES string of the molecule is CC(=O)CCc1ccc(OCC(=O)NNC(=O)c2ccc(Cl)cc2)cc1. The van der Waals surface area contributed by atoms with Crippen LogP contribution in [0.25, 0.3) is 0 Å². The molecule has 2 N–H and O–H groups in total. The highest BCUT2D eigenvalue weighted by Gasteiger charge is 2.08. The standard InChI is InChI=1S/C19H19ClN2O4/c1-13(23)2-3-14-4-10-17(11-5-14)26-12-18(24)21-22-19(25)15-6-8-16(20)9-7-15/h4-11H,2-3,12H2,1H3,(H,21,24)(H,22,25). The van der Waals surface area contributed by atoms with E-state index in [1.165, 1.54) is 0 Å². The van der Waals surface area contributed by atoms with Gasteiger partial charge in [0.1, 0.15) is 11.5 Å². The van der Waals surface area contributed by atoms with Gasteiger partial charge < -0.3 is 9.53 Å². The van der Waals surface area contributed by atoms with Gasteiger partial charge in [0.05, 0.1) is 0 Å². The quantitative estimate of drug-likeness (QED) is 0.730. The molecule has 6 nitrogen and oxygen atoms in total. The zero-order valence-electron chi connectivity index (χ0n) is 14.3. The Balaban J connectivity index is 1.73. The van der Waals surface area contributed by atoms with Gasteiger partial charge in [-0.3, -0.25) is 20.4 Å². The minimum absolute atomic E-state index is 0.141. The second-order valence-electron chi connectivity index (χ2n) is 5.64. The van der Waals surface area contributed by atoms with Gasteiger partial charge >= 0.3 is 0 Å². The summed E-state index contributed by atoms with van der Waals surface area (Å²) in [4.78, 5) is 34.6. The number of benzene rings is 2. The minimum Gasteiger partial charge on any atom is -0.484 e. The predicted molar refractivity (Wildman–Crippen MR) is 98.0 cm³/mol. The smallest absolute Gasteiger partial charge is 0.276 e. The second kappa shape index (κ2) is 9.58. The van der Waals surface area contributed by atoms with Crippen LogP contribution in [0, 0.1) is 0 Å². The Labute approximate surface area is 156 Å². The van der Waals surface area contributed by atoms with Gasteiger partial charge in [0.2, 0.25) is 0 Å². The summed E-state index contributed by atoms with van der Waals surface area (Å²) in [5.74, 6) is -0.281. The van der Waals surface area contributed by atoms with Crippen LogP contribution < -0.4 is 15.6 Å². The number of carbonyl (C=O) groups excluding carboxylic acids is 3. The number of Topliss-reactive ketones (excluding diaryl/α,β-unsaturated/α-hetero) is 1. The Kier molecular flexibility index (Phi) is 7.17. The van der Waals surface area contributed by atoms with Crippen molar-refractivity contribution in [2.24, 2.45) is 0 Å². The van der Waals surface area contributed by atoms with Gasteiger partial charge in [0.25, 0.3) is 11.8 Å². The fourth-order valence-corrected chi connectivity index (χ4v) is 2.18. The molecule has 2 aromatic rings. The summed E-state index contributed by atoms with van der Waals surface area (Å²) in [6.07, 6.45) is 1.17. The van der Waals surface area contributed by atoms with E-state index in [9.17, 15) is 14.4 Å². The molecule has 2 amide bonds. The first-order chi connectivity index (χ1) is 12.4. The summed E-state index contributed by atoms with van der Waals surface area (Å²) in [5, 5.41) is 0.520. The molecule has 7 heteroatoms. The van der Waals surface area contributed by atoms with Crippen LogP contribution in [-0.4, -0.2) is 24.2 Å². The molecule has 2 rings (SSSR count). The van der Waals surface area contributed by atoms with Crippen molar-refractivity contribution in [2.75, 3.05) is 6.61 Å². The molecule has 0 saturated carbocycles. The van der Waals surface area contributed by atoms with Crippen LogP contribution in [0.15, 0.2) is 48.5 Å². The maximum Gasteiger partial charge on any atom is 0.276 e. The van der Waals surface area contributed by atoms with Crippen LogP contribution in [0.3, 0.4) is 0 Å². The maximum absolute atomic E-state index is 11.8. The number of ketones is 1. The summed E-state index contributed by atoms with van der Waals surface area (Å²) in [5.41, 5.74) is 5.97. The first kappa shape index (κ1) is 19.5. The van der Waals surface area contributed by atoms with E-state index in [1.807, 2.05) is 12.1 Å². The van der Waals surface area contributed by atoms with Crippen molar-refractivity contribution < 1.29 is 19.1 Å². The number of ether oxygens (including phenoxy) is 1. The van der Waals surface area contributed by atoms with Crippen LogP contribution in [0.2, 0.25) is 5.02 Å². The number of nitrogens with one attached hydrogen (secondary N) is 2. The van der Waals surface area contributed by atoms with Crippen molar-refractivity contribution in [1.82, 2.24) is 10.9 Å². The van der Waals surface area contributed by atoms with E-state index in [1.54, 1.807) is 43.3 Å². The number of rotatable bonds is 7. The van der Waals surface area contributed by atoms with Crippen LogP contribution in [0.5, 0.6) is 5.75 Å². The summed E-state index contributed by atoms with van der Waals surface area (Å²) < 4.78 is 5.35.